The van der Waals surface area contributed by atoms with Crippen molar-refractivity contribution in [2.45, 2.75) is 46.5 Å². The normalized spacial score (nSPS) is 15.5. The zero-order chi connectivity index (χ0) is 12.6. The maximum atomic E-state index is 12.4. The van der Waals surface area contributed by atoms with Crippen LogP contribution >= 0.6 is 0 Å². The second-order valence-electron chi connectivity index (χ2n) is 4.11. The average molecular weight is 232 g/mol. The molecule has 0 saturated heterocycles. The van der Waals surface area contributed by atoms with Gasteiger partial charge in [-0.05, 0) is 24.8 Å². The molecule has 3 heteroatoms. The smallest absolute Gasteiger partial charge is 0.278 e. The molecule has 16 heavy (non-hydrogen) atoms. The molecule has 0 bridgehead atoms. The minimum Gasteiger partial charge on any atom is -0.495 e. The lowest BCUT2D eigenvalue weighted by Gasteiger charge is -2.11. The van der Waals surface area contributed by atoms with Gasteiger partial charge >= 0.3 is 0 Å². The van der Waals surface area contributed by atoms with E-state index >= 15 is 0 Å². The molecule has 1 atom stereocenters. The van der Waals surface area contributed by atoms with Crippen molar-refractivity contribution in [3.63, 3.8) is 0 Å². The maximum Gasteiger partial charge on any atom is 0.278 e. The summed E-state index contributed by atoms with van der Waals surface area (Å²) in [5.74, 6) is -2.24. The van der Waals surface area contributed by atoms with Crippen LogP contribution in [0.1, 0.15) is 40.5 Å². The van der Waals surface area contributed by atoms with Crippen molar-refractivity contribution in [1.82, 2.24) is 0 Å². The van der Waals surface area contributed by atoms with Crippen LogP contribution in [-0.4, -0.2) is 12.5 Å². The van der Waals surface area contributed by atoms with E-state index in [9.17, 15) is 8.78 Å². The lowest BCUT2D eigenvalue weighted by molar-refractivity contribution is -0.0370. The molecule has 0 aliphatic carbocycles. The van der Waals surface area contributed by atoms with Gasteiger partial charge in [-0.1, -0.05) is 32.4 Å². The van der Waals surface area contributed by atoms with Crippen LogP contribution in [0.3, 0.4) is 0 Å². The second-order valence-corrected chi connectivity index (χ2v) is 4.11. The Balaban J connectivity index is 4.08. The van der Waals surface area contributed by atoms with Gasteiger partial charge in [-0.15, -0.1) is 0 Å². The summed E-state index contributed by atoms with van der Waals surface area (Å²) >= 11 is 0. The number of hydrogen-bond donors (Lipinski definition) is 0. The fourth-order valence-corrected chi connectivity index (χ4v) is 1.31. The Morgan fingerprint density at radius 2 is 2.00 bits per heavy atom. The summed E-state index contributed by atoms with van der Waals surface area (Å²) in [7, 11) is 0. The fraction of sp³-hybridized carbons (Fsp3) is 0.692. The van der Waals surface area contributed by atoms with E-state index in [0.29, 0.717) is 5.92 Å². The third-order valence-electron chi connectivity index (χ3n) is 2.48. The van der Waals surface area contributed by atoms with Crippen LogP contribution in [0.4, 0.5) is 8.78 Å². The van der Waals surface area contributed by atoms with Crippen molar-refractivity contribution in [2.75, 3.05) is 6.61 Å². The van der Waals surface area contributed by atoms with E-state index in [1.807, 2.05) is 6.08 Å². The van der Waals surface area contributed by atoms with Gasteiger partial charge in [-0.25, -0.2) is 8.78 Å². The van der Waals surface area contributed by atoms with E-state index in [1.165, 1.54) is 11.8 Å². The Kier molecular flexibility index (Phi) is 7.02. The predicted octanol–water partition coefficient (Wildman–Crippen LogP) is 4.55. The minimum absolute atomic E-state index is 0.530. The highest BCUT2D eigenvalue weighted by Crippen LogP contribution is 2.17. The number of hydrogen-bond acceptors (Lipinski definition) is 1. The Hall–Kier alpha value is -0.860. The first-order valence-electron chi connectivity index (χ1n) is 5.75. The molecular weight excluding hydrogens is 210 g/mol. The van der Waals surface area contributed by atoms with Crippen molar-refractivity contribution in [3.8, 4) is 0 Å². The molecule has 0 saturated carbocycles. The first kappa shape index (κ1) is 15.1. The van der Waals surface area contributed by atoms with E-state index < -0.39 is 12.5 Å². The summed E-state index contributed by atoms with van der Waals surface area (Å²) in [5.41, 5.74) is 1.31. The summed E-state index contributed by atoms with van der Waals surface area (Å²) in [5, 5.41) is 0. The summed E-state index contributed by atoms with van der Waals surface area (Å²) in [6, 6.07) is 0. The van der Waals surface area contributed by atoms with Crippen LogP contribution in [0.25, 0.3) is 0 Å². The van der Waals surface area contributed by atoms with Crippen molar-refractivity contribution < 1.29 is 13.5 Å². The number of allylic oxidation sites excluding steroid dienone is 3. The van der Waals surface area contributed by atoms with Gasteiger partial charge in [0.1, 0.15) is 0 Å². The topological polar surface area (TPSA) is 9.23 Å². The van der Waals surface area contributed by atoms with Crippen LogP contribution in [0, 0.1) is 5.92 Å². The van der Waals surface area contributed by atoms with E-state index in [1.54, 1.807) is 6.08 Å². The third-order valence-corrected chi connectivity index (χ3v) is 2.48. The van der Waals surface area contributed by atoms with Gasteiger partial charge in [0.2, 0.25) is 0 Å². The summed E-state index contributed by atoms with van der Waals surface area (Å²) in [4.78, 5) is 0. The molecule has 0 fully saturated rings. The van der Waals surface area contributed by atoms with Gasteiger partial charge in [0.15, 0.2) is 6.61 Å². The number of rotatable bonds is 7. The van der Waals surface area contributed by atoms with Gasteiger partial charge in [0.05, 0.1) is 6.26 Å². The van der Waals surface area contributed by atoms with Gasteiger partial charge < -0.3 is 4.74 Å². The molecule has 1 unspecified atom stereocenters. The van der Waals surface area contributed by atoms with Crippen molar-refractivity contribution in [1.29, 1.82) is 0 Å². The highest BCUT2D eigenvalue weighted by Gasteiger charge is 2.20. The molecule has 94 valence electrons. The van der Waals surface area contributed by atoms with E-state index in [0.717, 1.165) is 19.8 Å². The van der Waals surface area contributed by atoms with Crippen molar-refractivity contribution in [3.05, 3.63) is 24.0 Å². The molecule has 0 amide bonds. The SMILES string of the molecule is CCC(=CC=COCC(C)(F)F)C(C)CC. The van der Waals surface area contributed by atoms with Crippen LogP contribution in [0.15, 0.2) is 24.0 Å². The van der Waals surface area contributed by atoms with Gasteiger partial charge in [0, 0.05) is 6.92 Å². The second kappa shape index (κ2) is 7.42. The van der Waals surface area contributed by atoms with Crippen molar-refractivity contribution >= 4 is 0 Å². The van der Waals surface area contributed by atoms with Crippen LogP contribution in [0.5, 0.6) is 0 Å². The maximum absolute atomic E-state index is 12.4. The summed E-state index contributed by atoms with van der Waals surface area (Å²) in [6.45, 7) is 6.65. The van der Waals surface area contributed by atoms with Gasteiger partial charge in [-0.2, -0.15) is 0 Å². The molecule has 0 spiro atoms. The summed E-state index contributed by atoms with van der Waals surface area (Å²) in [6.07, 6.45) is 7.03. The van der Waals surface area contributed by atoms with Crippen LogP contribution in [-0.2, 0) is 4.74 Å². The highest BCUT2D eigenvalue weighted by molar-refractivity contribution is 5.13. The Morgan fingerprint density at radius 1 is 1.38 bits per heavy atom. The monoisotopic (exact) mass is 232 g/mol. The molecule has 0 aromatic heterocycles. The van der Waals surface area contributed by atoms with Crippen LogP contribution < -0.4 is 0 Å². The van der Waals surface area contributed by atoms with E-state index in [-0.39, 0.29) is 0 Å². The molecular formula is C13H22F2O. The molecule has 0 aromatic rings. The quantitative estimate of drug-likeness (QED) is 0.462. The van der Waals surface area contributed by atoms with Gasteiger partial charge in [0.25, 0.3) is 5.92 Å². The lowest BCUT2D eigenvalue weighted by Crippen LogP contribution is -2.16. The van der Waals surface area contributed by atoms with E-state index in [4.69, 9.17) is 4.74 Å². The molecule has 0 aliphatic heterocycles. The Morgan fingerprint density at radius 3 is 2.44 bits per heavy atom. The molecule has 0 rings (SSSR count). The van der Waals surface area contributed by atoms with E-state index in [2.05, 4.69) is 20.8 Å². The largest absolute Gasteiger partial charge is 0.495 e. The first-order chi connectivity index (χ1) is 7.40. The van der Waals surface area contributed by atoms with Crippen molar-refractivity contribution in [2.24, 2.45) is 5.92 Å². The molecule has 0 aliphatic rings. The predicted molar refractivity (Wildman–Crippen MR) is 63.5 cm³/mol. The molecule has 1 nitrogen and oxygen atoms in total. The Labute approximate surface area is 97.2 Å². The van der Waals surface area contributed by atoms with Gasteiger partial charge in [-0.3, -0.25) is 0 Å². The number of halogens is 2. The first-order valence-corrected chi connectivity index (χ1v) is 5.75. The molecule has 0 radical (unpaired) electrons. The average Bonchev–Trinajstić information content (AvgIpc) is 2.21. The number of ether oxygens (including phenoxy) is 1. The van der Waals surface area contributed by atoms with Crippen LogP contribution in [0.2, 0.25) is 0 Å². The zero-order valence-corrected chi connectivity index (χ0v) is 10.6. The zero-order valence-electron chi connectivity index (χ0n) is 10.6. The fourth-order valence-electron chi connectivity index (χ4n) is 1.31. The lowest BCUT2D eigenvalue weighted by atomic mass is 9.96. The molecule has 0 N–H and O–H groups in total. The standard InChI is InChI=1S/C13H22F2O/c1-5-11(3)12(6-2)8-7-9-16-10-13(4,14)15/h7-9,11H,5-6,10H2,1-4H3. The third kappa shape index (κ3) is 7.43. The molecule has 0 aromatic carbocycles. The Bertz CT molecular complexity index is 239. The minimum atomic E-state index is -2.77. The molecule has 0 heterocycles. The number of alkyl halides is 2. The summed E-state index contributed by atoms with van der Waals surface area (Å²) < 4.78 is 29.5. The highest BCUT2D eigenvalue weighted by atomic mass is 19.3.